The molecule has 10 heteroatoms. The van der Waals surface area contributed by atoms with Crippen LogP contribution < -0.4 is 15.0 Å². The van der Waals surface area contributed by atoms with Gasteiger partial charge in [-0.1, -0.05) is 0 Å². The van der Waals surface area contributed by atoms with Gasteiger partial charge in [0.2, 0.25) is 0 Å². The zero-order valence-corrected chi connectivity index (χ0v) is 15.3. The molecule has 0 atom stereocenters. The van der Waals surface area contributed by atoms with Crippen LogP contribution >= 0.6 is 0 Å². The van der Waals surface area contributed by atoms with Gasteiger partial charge in [0.15, 0.2) is 11.5 Å². The Hall–Kier alpha value is -3.95. The highest BCUT2D eigenvalue weighted by Gasteiger charge is 2.21. The van der Waals surface area contributed by atoms with Crippen LogP contribution in [-0.4, -0.2) is 34.3 Å². The van der Waals surface area contributed by atoms with Crippen molar-refractivity contribution in [2.75, 3.05) is 7.11 Å². The average molecular weight is 418 g/mol. The van der Waals surface area contributed by atoms with E-state index in [2.05, 4.69) is 9.72 Å². The van der Waals surface area contributed by atoms with Crippen molar-refractivity contribution >= 4 is 27.6 Å². The van der Waals surface area contributed by atoms with Gasteiger partial charge >= 0.3 is 12.6 Å². The highest BCUT2D eigenvalue weighted by atomic mass is 19.3. The van der Waals surface area contributed by atoms with Crippen molar-refractivity contribution in [2.45, 2.75) is 6.61 Å². The van der Waals surface area contributed by atoms with Crippen LogP contribution in [0.5, 0.6) is 11.5 Å². The fraction of sp³-hybridized carbons (Fsp3) is 0.100. The van der Waals surface area contributed by atoms with Crippen molar-refractivity contribution in [1.82, 2.24) is 9.55 Å². The number of aromatic amines is 1. The van der Waals surface area contributed by atoms with Crippen LogP contribution in [0.2, 0.25) is 0 Å². The monoisotopic (exact) mass is 418 g/mol. The Morgan fingerprint density at radius 1 is 1.13 bits per heavy atom. The molecule has 0 unspecified atom stereocenters. The van der Waals surface area contributed by atoms with E-state index in [1.165, 1.54) is 19.4 Å². The summed E-state index contributed by atoms with van der Waals surface area (Å²) in [6, 6.07) is 6.02. The fourth-order valence-electron chi connectivity index (χ4n) is 3.36. The molecule has 2 aromatic carbocycles. The summed E-state index contributed by atoms with van der Waals surface area (Å²) < 4.78 is 50.0. The van der Waals surface area contributed by atoms with Crippen molar-refractivity contribution in [3.8, 4) is 17.2 Å². The van der Waals surface area contributed by atoms with Crippen LogP contribution in [0.25, 0.3) is 27.4 Å². The van der Waals surface area contributed by atoms with Crippen LogP contribution in [0, 0.1) is 5.82 Å². The number of hydrogen-bond acceptors (Lipinski definition) is 4. The number of carbonyl (C=O) groups is 1. The summed E-state index contributed by atoms with van der Waals surface area (Å²) in [5, 5.41) is 9.88. The third-order valence-electron chi connectivity index (χ3n) is 4.62. The maximum Gasteiger partial charge on any atom is 0.387 e. The third-order valence-corrected chi connectivity index (χ3v) is 4.62. The Labute approximate surface area is 165 Å². The summed E-state index contributed by atoms with van der Waals surface area (Å²) in [5.74, 6) is -2.63. The molecule has 154 valence electrons. The number of pyridine rings is 1. The molecule has 0 amide bonds. The van der Waals surface area contributed by atoms with E-state index in [9.17, 15) is 27.9 Å². The molecule has 2 heterocycles. The van der Waals surface area contributed by atoms with E-state index in [0.29, 0.717) is 10.9 Å². The first kappa shape index (κ1) is 19.4. The Kier molecular flexibility index (Phi) is 4.61. The molecule has 7 nitrogen and oxygen atoms in total. The number of halogens is 3. The predicted molar refractivity (Wildman–Crippen MR) is 102 cm³/mol. The number of H-pyrrole nitrogens is 1. The van der Waals surface area contributed by atoms with Crippen molar-refractivity contribution in [2.24, 2.45) is 0 Å². The molecular weight excluding hydrogens is 405 g/mol. The molecule has 0 fully saturated rings. The second kappa shape index (κ2) is 7.14. The van der Waals surface area contributed by atoms with E-state index in [1.54, 1.807) is 6.07 Å². The lowest BCUT2D eigenvalue weighted by Gasteiger charge is -2.15. The number of benzene rings is 2. The lowest BCUT2D eigenvalue weighted by atomic mass is 10.1. The number of nitrogens with zero attached hydrogens (tertiary/aromatic N) is 1. The summed E-state index contributed by atoms with van der Waals surface area (Å²) in [5.41, 5.74) is -0.567. The van der Waals surface area contributed by atoms with E-state index < -0.39 is 29.7 Å². The van der Waals surface area contributed by atoms with Gasteiger partial charge in [0.1, 0.15) is 5.82 Å². The highest BCUT2D eigenvalue weighted by Crippen LogP contribution is 2.34. The molecule has 0 spiro atoms. The smallest absolute Gasteiger partial charge is 0.387 e. The third kappa shape index (κ3) is 3.11. The van der Waals surface area contributed by atoms with Crippen molar-refractivity contribution in [3.05, 3.63) is 64.5 Å². The van der Waals surface area contributed by atoms with Gasteiger partial charge in [-0.3, -0.25) is 9.36 Å². The highest BCUT2D eigenvalue weighted by molar-refractivity contribution is 6.04. The quantitative estimate of drug-likeness (QED) is 0.513. The summed E-state index contributed by atoms with van der Waals surface area (Å²) in [6.07, 6.45) is 2.60. The topological polar surface area (TPSA) is 93.5 Å². The Balaban J connectivity index is 2.11. The van der Waals surface area contributed by atoms with Gasteiger partial charge in [0.05, 0.1) is 29.3 Å². The fourth-order valence-corrected chi connectivity index (χ4v) is 3.36. The second-order valence-corrected chi connectivity index (χ2v) is 6.31. The molecule has 2 N–H and O–H groups in total. The van der Waals surface area contributed by atoms with E-state index >= 15 is 0 Å². The van der Waals surface area contributed by atoms with Crippen LogP contribution in [0.15, 0.2) is 47.5 Å². The molecule has 0 saturated heterocycles. The number of aromatic carboxylic acids is 1. The molecule has 0 saturated carbocycles. The lowest BCUT2D eigenvalue weighted by Crippen LogP contribution is -2.21. The Morgan fingerprint density at radius 2 is 1.87 bits per heavy atom. The van der Waals surface area contributed by atoms with E-state index in [1.807, 2.05) is 0 Å². The first-order valence-corrected chi connectivity index (χ1v) is 8.52. The number of ether oxygens (including phenoxy) is 2. The molecule has 0 aliphatic carbocycles. The Morgan fingerprint density at radius 3 is 2.53 bits per heavy atom. The summed E-state index contributed by atoms with van der Waals surface area (Å²) >= 11 is 0. The molecule has 30 heavy (non-hydrogen) atoms. The lowest BCUT2D eigenvalue weighted by molar-refractivity contribution is -0.0511. The number of carboxylic acid groups (broad SMARTS) is 1. The standard InChI is InChI=1S/C20H13F3N2O5/c1-29-16-6-11-12(7-17(16)30-20(22)23)18(26)25(8-13(11)19(27)28)15-5-9(21)4-14-10(15)2-3-24-14/h2-8,20,24H,1H3,(H,27,28). The van der Waals surface area contributed by atoms with Gasteiger partial charge in [-0.15, -0.1) is 0 Å². The molecular formula is C20H13F3N2O5. The zero-order valence-electron chi connectivity index (χ0n) is 15.3. The van der Waals surface area contributed by atoms with Gasteiger partial charge in [-0.05, 0) is 30.3 Å². The second-order valence-electron chi connectivity index (χ2n) is 6.31. The zero-order chi connectivity index (χ0) is 21.6. The first-order valence-electron chi connectivity index (χ1n) is 8.52. The number of methoxy groups -OCH3 is 1. The number of alkyl halides is 2. The minimum Gasteiger partial charge on any atom is -0.493 e. The largest absolute Gasteiger partial charge is 0.493 e. The number of hydrogen-bond donors (Lipinski definition) is 2. The van der Waals surface area contributed by atoms with E-state index in [0.717, 1.165) is 29.0 Å². The van der Waals surface area contributed by atoms with E-state index in [-0.39, 0.29) is 27.8 Å². The van der Waals surface area contributed by atoms with Crippen LogP contribution in [0.3, 0.4) is 0 Å². The van der Waals surface area contributed by atoms with Gasteiger partial charge < -0.3 is 19.6 Å². The molecule has 4 aromatic rings. The number of rotatable bonds is 5. The molecule has 0 bridgehead atoms. The van der Waals surface area contributed by atoms with Gasteiger partial charge in [0.25, 0.3) is 5.56 Å². The molecule has 0 aliphatic heterocycles. The molecule has 0 aliphatic rings. The van der Waals surface area contributed by atoms with Crippen molar-refractivity contribution < 1.29 is 32.5 Å². The average Bonchev–Trinajstić information content (AvgIpc) is 3.15. The SMILES string of the molecule is COc1cc2c(C(=O)O)cn(-c3cc(F)cc4[nH]ccc34)c(=O)c2cc1OC(F)F. The number of carboxylic acids is 1. The maximum absolute atomic E-state index is 14.1. The molecule has 4 rings (SSSR count). The van der Waals surface area contributed by atoms with Crippen LogP contribution in [-0.2, 0) is 0 Å². The van der Waals surface area contributed by atoms with Crippen molar-refractivity contribution in [3.63, 3.8) is 0 Å². The van der Waals surface area contributed by atoms with Gasteiger partial charge in [-0.25, -0.2) is 9.18 Å². The van der Waals surface area contributed by atoms with E-state index in [4.69, 9.17) is 4.74 Å². The number of fused-ring (bicyclic) bond motifs is 2. The summed E-state index contributed by atoms with van der Waals surface area (Å²) in [7, 11) is 1.19. The molecule has 0 radical (unpaired) electrons. The predicted octanol–water partition coefficient (Wildman–Crippen LogP) is 3.92. The van der Waals surface area contributed by atoms with Gasteiger partial charge in [0, 0.05) is 23.2 Å². The Bertz CT molecular complexity index is 1360. The minimum atomic E-state index is -3.19. The normalized spacial score (nSPS) is 11.4. The van der Waals surface area contributed by atoms with Gasteiger partial charge in [-0.2, -0.15) is 8.78 Å². The first-order chi connectivity index (χ1) is 14.3. The van der Waals surface area contributed by atoms with Crippen LogP contribution in [0.1, 0.15) is 10.4 Å². The number of nitrogens with one attached hydrogen (secondary N) is 1. The summed E-state index contributed by atoms with van der Waals surface area (Å²) in [4.78, 5) is 27.9. The van der Waals surface area contributed by atoms with Crippen molar-refractivity contribution in [1.29, 1.82) is 0 Å². The molecule has 2 aromatic heterocycles. The maximum atomic E-state index is 14.1. The van der Waals surface area contributed by atoms with Crippen LogP contribution in [0.4, 0.5) is 13.2 Å². The number of aromatic nitrogens is 2. The summed E-state index contributed by atoms with van der Waals surface area (Å²) in [6.45, 7) is -3.19. The minimum absolute atomic E-state index is 0.0380.